The molecule has 5 heteroatoms. The van der Waals surface area contributed by atoms with Gasteiger partial charge in [-0.3, -0.25) is 9.98 Å². The Kier molecular flexibility index (Phi) is 7.41. The summed E-state index contributed by atoms with van der Waals surface area (Å²) in [5.74, 6) is 0.484. The zero-order chi connectivity index (χ0) is 16.8. The molecule has 25 heavy (non-hydrogen) atoms. The van der Waals surface area contributed by atoms with Crippen molar-refractivity contribution in [2.24, 2.45) is 9.98 Å². The number of benzene rings is 2. The average Bonchev–Trinajstić information content (AvgIpc) is 2.61. The molecular formula is C20H22N2O2Ti. The van der Waals surface area contributed by atoms with Crippen molar-refractivity contribution < 1.29 is 31.9 Å². The minimum absolute atomic E-state index is 0. The summed E-state index contributed by atoms with van der Waals surface area (Å²) >= 11 is 0. The number of hydrogen-bond donors (Lipinski definition) is 2. The summed E-state index contributed by atoms with van der Waals surface area (Å²) in [5.41, 5.74) is 1.46. The number of hydrogen-bond acceptors (Lipinski definition) is 4. The molecule has 1 aliphatic carbocycles. The quantitative estimate of drug-likeness (QED) is 0.632. The van der Waals surface area contributed by atoms with E-state index in [0.29, 0.717) is 0 Å². The number of phenols is 2. The Labute approximate surface area is 163 Å². The monoisotopic (exact) mass is 370 g/mol. The van der Waals surface area contributed by atoms with Crippen molar-refractivity contribution in [2.45, 2.75) is 37.8 Å². The molecule has 2 atom stereocenters. The Morgan fingerprint density at radius 3 is 1.52 bits per heavy atom. The number of aromatic hydroxyl groups is 2. The summed E-state index contributed by atoms with van der Waals surface area (Å²) in [4.78, 5) is 9.34. The largest absolute Gasteiger partial charge is 0.507 e. The number of rotatable bonds is 4. The third-order valence-corrected chi connectivity index (χ3v) is 4.38. The van der Waals surface area contributed by atoms with Gasteiger partial charge >= 0.3 is 0 Å². The van der Waals surface area contributed by atoms with Crippen LogP contribution in [0.3, 0.4) is 0 Å². The van der Waals surface area contributed by atoms with E-state index in [1.165, 1.54) is 0 Å². The number of phenolic OH excluding ortho intramolecular Hbond substituents is 2. The van der Waals surface area contributed by atoms with Crippen LogP contribution in [0, 0.1) is 0 Å². The van der Waals surface area contributed by atoms with Gasteiger partial charge in [-0.1, -0.05) is 37.1 Å². The molecule has 0 spiro atoms. The number of para-hydroxylation sites is 2. The molecule has 1 fully saturated rings. The molecule has 2 unspecified atom stereocenters. The van der Waals surface area contributed by atoms with Gasteiger partial charge < -0.3 is 10.2 Å². The van der Waals surface area contributed by atoms with Crippen molar-refractivity contribution >= 4 is 12.4 Å². The second kappa shape index (κ2) is 9.54. The summed E-state index contributed by atoms with van der Waals surface area (Å²) < 4.78 is 0. The maximum absolute atomic E-state index is 9.84. The first-order valence-electron chi connectivity index (χ1n) is 8.36. The van der Waals surface area contributed by atoms with Crippen LogP contribution in [0.2, 0.25) is 0 Å². The number of nitrogens with zero attached hydrogens (tertiary/aromatic N) is 2. The standard InChI is InChI=1S/C20H22N2O2.Ti/c23-19-11-5-1-7-15(19)13-21-17-9-3-4-10-18(17)22-14-16-8-2-6-12-20(16)24;/h1-2,5-8,11-14,17-18,23-24H,3-4,9-10H2;. The molecule has 0 aliphatic heterocycles. The predicted molar refractivity (Wildman–Crippen MR) is 97.4 cm³/mol. The number of aliphatic imine (C=N–C) groups is 2. The zero-order valence-electron chi connectivity index (χ0n) is 14.0. The molecule has 2 aromatic rings. The van der Waals surface area contributed by atoms with E-state index in [0.717, 1.165) is 36.8 Å². The predicted octanol–water partition coefficient (Wildman–Crippen LogP) is 3.94. The van der Waals surface area contributed by atoms with Crippen LogP contribution < -0.4 is 0 Å². The fraction of sp³-hybridized carbons (Fsp3) is 0.300. The van der Waals surface area contributed by atoms with E-state index < -0.39 is 0 Å². The SMILES string of the molecule is Oc1ccccc1C=NC1CCCCC1N=Cc1ccccc1O.[Ti]. The summed E-state index contributed by atoms with van der Waals surface area (Å²) in [5, 5.41) is 19.7. The summed E-state index contributed by atoms with van der Waals surface area (Å²) in [7, 11) is 0. The summed E-state index contributed by atoms with van der Waals surface area (Å²) in [6.07, 6.45) is 7.76. The van der Waals surface area contributed by atoms with E-state index in [1.807, 2.05) is 24.3 Å². The van der Waals surface area contributed by atoms with Crippen LogP contribution in [0.5, 0.6) is 11.5 Å². The molecule has 0 aromatic heterocycles. The van der Waals surface area contributed by atoms with Crippen LogP contribution in [0.15, 0.2) is 58.5 Å². The Morgan fingerprint density at radius 1 is 0.720 bits per heavy atom. The Bertz CT molecular complexity index is 682. The van der Waals surface area contributed by atoms with E-state index in [1.54, 1.807) is 36.7 Å². The van der Waals surface area contributed by atoms with Gasteiger partial charge in [-0.15, -0.1) is 0 Å². The van der Waals surface area contributed by atoms with Crippen molar-refractivity contribution in [1.29, 1.82) is 0 Å². The zero-order valence-corrected chi connectivity index (χ0v) is 15.6. The average molecular weight is 370 g/mol. The Hall–Kier alpha value is -1.91. The van der Waals surface area contributed by atoms with Crippen LogP contribution >= 0.6 is 0 Å². The molecule has 2 N–H and O–H groups in total. The molecule has 1 aliphatic rings. The van der Waals surface area contributed by atoms with Crippen molar-refractivity contribution in [3.05, 3.63) is 59.7 Å². The Morgan fingerprint density at radius 2 is 1.12 bits per heavy atom. The van der Waals surface area contributed by atoms with Crippen molar-refractivity contribution in [3.8, 4) is 11.5 Å². The third kappa shape index (κ3) is 5.28. The smallest absolute Gasteiger partial charge is 0.124 e. The van der Waals surface area contributed by atoms with Gasteiger partial charge in [0.2, 0.25) is 0 Å². The van der Waals surface area contributed by atoms with Crippen molar-refractivity contribution in [1.82, 2.24) is 0 Å². The molecule has 2 aromatic carbocycles. The molecule has 3 rings (SSSR count). The minimum atomic E-state index is 0. The summed E-state index contributed by atoms with van der Waals surface area (Å²) in [6, 6.07) is 14.6. The van der Waals surface area contributed by atoms with E-state index in [-0.39, 0.29) is 45.3 Å². The fourth-order valence-electron chi connectivity index (χ4n) is 2.98. The normalized spacial score (nSPS) is 20.6. The first-order valence-corrected chi connectivity index (χ1v) is 8.36. The maximum atomic E-state index is 9.84. The topological polar surface area (TPSA) is 65.2 Å². The molecule has 0 radical (unpaired) electrons. The summed E-state index contributed by atoms with van der Waals surface area (Å²) in [6.45, 7) is 0. The van der Waals surface area contributed by atoms with Crippen LogP contribution in [0.25, 0.3) is 0 Å². The van der Waals surface area contributed by atoms with Gasteiger partial charge in [0.15, 0.2) is 0 Å². The molecule has 0 saturated heterocycles. The van der Waals surface area contributed by atoms with Gasteiger partial charge in [0.05, 0.1) is 12.1 Å². The van der Waals surface area contributed by atoms with Gasteiger partial charge in [0.1, 0.15) is 11.5 Å². The molecule has 1 saturated carbocycles. The van der Waals surface area contributed by atoms with Crippen LogP contribution in [0.4, 0.5) is 0 Å². The Balaban J connectivity index is 0.00000225. The fourth-order valence-corrected chi connectivity index (χ4v) is 2.98. The van der Waals surface area contributed by atoms with Gasteiger partial charge in [0, 0.05) is 45.3 Å². The van der Waals surface area contributed by atoms with E-state index in [2.05, 4.69) is 9.98 Å². The molecular weight excluding hydrogens is 348 g/mol. The van der Waals surface area contributed by atoms with Gasteiger partial charge in [0.25, 0.3) is 0 Å². The second-order valence-electron chi connectivity index (χ2n) is 6.09. The van der Waals surface area contributed by atoms with Crippen LogP contribution in [0.1, 0.15) is 36.8 Å². The van der Waals surface area contributed by atoms with Crippen LogP contribution in [-0.4, -0.2) is 34.7 Å². The molecule has 128 valence electrons. The molecule has 0 heterocycles. The molecule has 0 bridgehead atoms. The van der Waals surface area contributed by atoms with Gasteiger partial charge in [-0.05, 0) is 37.1 Å². The maximum Gasteiger partial charge on any atom is 0.124 e. The first-order chi connectivity index (χ1) is 11.7. The van der Waals surface area contributed by atoms with Crippen molar-refractivity contribution in [3.63, 3.8) is 0 Å². The van der Waals surface area contributed by atoms with E-state index >= 15 is 0 Å². The molecule has 0 amide bonds. The van der Waals surface area contributed by atoms with Gasteiger partial charge in [-0.2, -0.15) is 0 Å². The van der Waals surface area contributed by atoms with E-state index in [4.69, 9.17) is 0 Å². The second-order valence-corrected chi connectivity index (χ2v) is 6.09. The van der Waals surface area contributed by atoms with Crippen molar-refractivity contribution in [2.75, 3.05) is 0 Å². The molecule has 4 nitrogen and oxygen atoms in total. The van der Waals surface area contributed by atoms with E-state index in [9.17, 15) is 10.2 Å². The third-order valence-electron chi connectivity index (χ3n) is 4.38. The first kappa shape index (κ1) is 19.4. The van der Waals surface area contributed by atoms with Gasteiger partial charge in [-0.25, -0.2) is 0 Å². The van der Waals surface area contributed by atoms with Crippen LogP contribution in [-0.2, 0) is 21.7 Å². The minimum Gasteiger partial charge on any atom is -0.507 e.